The van der Waals surface area contributed by atoms with Crippen LogP contribution in [0.5, 0.6) is 0 Å². The Balaban J connectivity index is 1.57. The molecule has 0 bridgehead atoms. The third-order valence-electron chi connectivity index (χ3n) is 5.83. The number of para-hydroxylation sites is 1. The van der Waals surface area contributed by atoms with Gasteiger partial charge in [-0.15, -0.1) is 0 Å². The molecule has 0 aliphatic carbocycles. The number of H-pyrrole nitrogens is 1. The first-order chi connectivity index (χ1) is 15.5. The van der Waals surface area contributed by atoms with Crippen molar-refractivity contribution in [2.75, 3.05) is 44.7 Å². The number of nitrogens with zero attached hydrogens (tertiary/aromatic N) is 2. The molecule has 2 heterocycles. The van der Waals surface area contributed by atoms with Crippen molar-refractivity contribution < 1.29 is 9.53 Å². The fourth-order valence-corrected chi connectivity index (χ4v) is 4.12. The van der Waals surface area contributed by atoms with Crippen LogP contribution in [-0.4, -0.2) is 60.2 Å². The highest BCUT2D eigenvalue weighted by Gasteiger charge is 2.19. The summed E-state index contributed by atoms with van der Waals surface area (Å²) in [6.07, 6.45) is 0. The van der Waals surface area contributed by atoms with E-state index in [2.05, 4.69) is 27.3 Å². The second kappa shape index (κ2) is 9.97. The summed E-state index contributed by atoms with van der Waals surface area (Å²) in [4.78, 5) is 33.0. The van der Waals surface area contributed by atoms with Gasteiger partial charge < -0.3 is 19.9 Å². The molecule has 2 N–H and O–H groups in total. The molecule has 7 nitrogen and oxygen atoms in total. The van der Waals surface area contributed by atoms with Crippen molar-refractivity contribution in [3.63, 3.8) is 0 Å². The molecule has 1 aromatic heterocycles. The van der Waals surface area contributed by atoms with E-state index in [0.717, 1.165) is 47.4 Å². The van der Waals surface area contributed by atoms with Gasteiger partial charge in [0.2, 0.25) is 0 Å². The van der Waals surface area contributed by atoms with Gasteiger partial charge in [-0.1, -0.05) is 29.8 Å². The van der Waals surface area contributed by atoms with Crippen molar-refractivity contribution in [3.8, 4) is 0 Å². The summed E-state index contributed by atoms with van der Waals surface area (Å²) in [5.74, 6) is 0. The monoisotopic (exact) mass is 434 g/mol. The molecule has 1 aliphatic heterocycles. The summed E-state index contributed by atoms with van der Waals surface area (Å²) >= 11 is 0. The Morgan fingerprint density at radius 2 is 1.88 bits per heavy atom. The topological polar surface area (TPSA) is 77.7 Å². The molecule has 0 saturated carbocycles. The average Bonchev–Trinajstić information content (AvgIpc) is 2.78. The number of carbonyl (C=O) groups excluding carboxylic acids is 1. The molecule has 3 aromatic rings. The number of carbonyl (C=O) groups is 1. The molecule has 1 saturated heterocycles. The molecule has 1 aliphatic rings. The van der Waals surface area contributed by atoms with Gasteiger partial charge in [-0.25, -0.2) is 4.79 Å². The van der Waals surface area contributed by atoms with Crippen molar-refractivity contribution in [2.45, 2.75) is 20.4 Å². The number of aryl methyl sites for hydroxylation is 2. The van der Waals surface area contributed by atoms with Gasteiger partial charge in [0.15, 0.2) is 0 Å². The number of rotatable bonds is 6. The molecule has 0 spiro atoms. The predicted molar refractivity (Wildman–Crippen MR) is 127 cm³/mol. The molecule has 0 unspecified atom stereocenters. The summed E-state index contributed by atoms with van der Waals surface area (Å²) < 4.78 is 5.42. The lowest BCUT2D eigenvalue weighted by Crippen LogP contribution is -2.44. The summed E-state index contributed by atoms with van der Waals surface area (Å²) in [7, 11) is 0. The summed E-state index contributed by atoms with van der Waals surface area (Å²) in [5.41, 5.74) is 4.17. The van der Waals surface area contributed by atoms with Gasteiger partial charge in [0.1, 0.15) is 0 Å². The average molecular weight is 435 g/mol. The number of fused-ring (bicyclic) bond motifs is 1. The largest absolute Gasteiger partial charge is 0.379 e. The number of pyridine rings is 1. The van der Waals surface area contributed by atoms with E-state index >= 15 is 0 Å². The van der Waals surface area contributed by atoms with E-state index in [1.54, 1.807) is 4.90 Å². The van der Waals surface area contributed by atoms with Crippen molar-refractivity contribution in [2.24, 2.45) is 0 Å². The van der Waals surface area contributed by atoms with E-state index in [4.69, 9.17) is 4.74 Å². The SMILES string of the molecule is Cc1cc(C)c2[nH]c(=O)c(CN(CCN3CCOCC3)C(=O)Nc3ccccc3)cc2c1. The standard InChI is InChI=1S/C25H30N4O3/c1-18-14-19(2)23-20(15-18)16-21(24(30)27-23)17-29(9-8-28-10-12-32-13-11-28)25(31)26-22-6-4-3-5-7-22/h3-7,14-16H,8-13,17H2,1-2H3,(H,26,31)(H,27,30). The van der Waals surface area contributed by atoms with Crippen molar-refractivity contribution in [1.82, 2.24) is 14.8 Å². The first-order valence-electron chi connectivity index (χ1n) is 11.0. The Labute approximate surface area is 188 Å². The molecule has 0 atom stereocenters. The molecular weight excluding hydrogens is 404 g/mol. The van der Waals surface area contributed by atoms with Crippen LogP contribution in [0, 0.1) is 13.8 Å². The minimum Gasteiger partial charge on any atom is -0.379 e. The number of nitrogens with one attached hydrogen (secondary N) is 2. The van der Waals surface area contributed by atoms with Crippen molar-refractivity contribution in [3.05, 3.63) is 75.6 Å². The molecule has 2 amide bonds. The van der Waals surface area contributed by atoms with Crippen LogP contribution < -0.4 is 10.9 Å². The van der Waals surface area contributed by atoms with Gasteiger partial charge in [0.25, 0.3) is 5.56 Å². The van der Waals surface area contributed by atoms with E-state index in [1.807, 2.05) is 50.2 Å². The first-order valence-corrected chi connectivity index (χ1v) is 11.0. The number of aromatic nitrogens is 1. The number of aromatic amines is 1. The number of hydrogen-bond donors (Lipinski definition) is 2. The van der Waals surface area contributed by atoms with E-state index < -0.39 is 0 Å². The smallest absolute Gasteiger partial charge is 0.322 e. The summed E-state index contributed by atoms with van der Waals surface area (Å²) in [6, 6.07) is 15.2. The lowest BCUT2D eigenvalue weighted by molar-refractivity contribution is 0.0349. The Morgan fingerprint density at radius 3 is 2.62 bits per heavy atom. The molecule has 4 rings (SSSR count). The second-order valence-electron chi connectivity index (χ2n) is 8.34. The Bertz CT molecular complexity index is 1140. The van der Waals surface area contributed by atoms with Crippen molar-refractivity contribution >= 4 is 22.6 Å². The lowest BCUT2D eigenvalue weighted by atomic mass is 10.1. The van der Waals surface area contributed by atoms with E-state index in [1.165, 1.54) is 0 Å². The molecule has 7 heteroatoms. The quantitative estimate of drug-likeness (QED) is 0.622. The zero-order valence-electron chi connectivity index (χ0n) is 18.7. The van der Waals surface area contributed by atoms with Crippen LogP contribution in [0.3, 0.4) is 0 Å². The zero-order chi connectivity index (χ0) is 22.5. The minimum atomic E-state index is -0.218. The van der Waals surface area contributed by atoms with Crippen LogP contribution >= 0.6 is 0 Å². The predicted octanol–water partition coefficient (Wildman–Crippen LogP) is 3.51. The molecule has 0 radical (unpaired) electrons. The van der Waals surface area contributed by atoms with Gasteiger partial charge in [0, 0.05) is 37.4 Å². The number of anilines is 1. The van der Waals surface area contributed by atoms with Gasteiger partial charge >= 0.3 is 6.03 Å². The minimum absolute atomic E-state index is 0.159. The number of urea groups is 1. The van der Waals surface area contributed by atoms with Gasteiger partial charge in [0.05, 0.1) is 25.3 Å². The van der Waals surface area contributed by atoms with Crippen molar-refractivity contribution in [1.29, 1.82) is 0 Å². The Kier molecular flexibility index (Phi) is 6.87. The fourth-order valence-electron chi connectivity index (χ4n) is 4.12. The maximum Gasteiger partial charge on any atom is 0.322 e. The fraction of sp³-hybridized carbons (Fsp3) is 0.360. The van der Waals surface area contributed by atoms with E-state index in [9.17, 15) is 9.59 Å². The molecule has 32 heavy (non-hydrogen) atoms. The van der Waals surface area contributed by atoms with Gasteiger partial charge in [-0.3, -0.25) is 9.69 Å². The number of morpholine rings is 1. The van der Waals surface area contributed by atoms with E-state index in [-0.39, 0.29) is 18.1 Å². The zero-order valence-corrected chi connectivity index (χ0v) is 18.7. The highest BCUT2D eigenvalue weighted by atomic mass is 16.5. The molecule has 1 fully saturated rings. The number of amides is 2. The summed E-state index contributed by atoms with van der Waals surface area (Å²) in [5, 5.41) is 3.94. The molecule has 2 aromatic carbocycles. The second-order valence-corrected chi connectivity index (χ2v) is 8.34. The van der Waals surface area contributed by atoms with Crippen LogP contribution in [0.2, 0.25) is 0 Å². The first kappa shape index (κ1) is 22.0. The van der Waals surface area contributed by atoms with Crippen LogP contribution in [0.15, 0.2) is 53.3 Å². The maximum absolute atomic E-state index is 13.1. The van der Waals surface area contributed by atoms with Crippen LogP contribution in [0.1, 0.15) is 16.7 Å². The lowest BCUT2D eigenvalue weighted by Gasteiger charge is -2.30. The van der Waals surface area contributed by atoms with Crippen LogP contribution in [0.4, 0.5) is 10.5 Å². The number of benzene rings is 2. The van der Waals surface area contributed by atoms with Gasteiger partial charge in [-0.05, 0) is 49.1 Å². The third-order valence-corrected chi connectivity index (χ3v) is 5.83. The highest BCUT2D eigenvalue weighted by molar-refractivity contribution is 5.89. The Morgan fingerprint density at radius 1 is 1.12 bits per heavy atom. The molecule has 168 valence electrons. The van der Waals surface area contributed by atoms with E-state index in [0.29, 0.717) is 25.3 Å². The summed E-state index contributed by atoms with van der Waals surface area (Å²) in [6.45, 7) is 8.64. The van der Waals surface area contributed by atoms with Crippen LogP contribution in [0.25, 0.3) is 10.9 Å². The third kappa shape index (κ3) is 5.36. The highest BCUT2D eigenvalue weighted by Crippen LogP contribution is 2.19. The van der Waals surface area contributed by atoms with Crippen LogP contribution in [-0.2, 0) is 11.3 Å². The maximum atomic E-state index is 13.1. The Hall–Kier alpha value is -3.16. The number of ether oxygens (including phenoxy) is 1. The normalized spacial score (nSPS) is 14.4. The molecular formula is C25H30N4O3. The van der Waals surface area contributed by atoms with Gasteiger partial charge in [-0.2, -0.15) is 0 Å². The number of hydrogen-bond acceptors (Lipinski definition) is 4.